The maximum atomic E-state index is 13.1. The Labute approximate surface area is 206 Å². The van der Waals surface area contributed by atoms with Crippen molar-refractivity contribution >= 4 is 18.0 Å². The van der Waals surface area contributed by atoms with Crippen molar-refractivity contribution in [2.75, 3.05) is 26.2 Å². The molecule has 0 saturated carbocycles. The van der Waals surface area contributed by atoms with Crippen LogP contribution < -0.4 is 5.32 Å². The summed E-state index contributed by atoms with van der Waals surface area (Å²) >= 11 is 0. The molecule has 1 aliphatic heterocycles. The molecule has 1 fully saturated rings. The van der Waals surface area contributed by atoms with Crippen LogP contribution in [0.4, 0.5) is 4.79 Å². The van der Waals surface area contributed by atoms with E-state index in [2.05, 4.69) is 29.6 Å². The van der Waals surface area contributed by atoms with E-state index >= 15 is 0 Å². The van der Waals surface area contributed by atoms with E-state index in [0.717, 1.165) is 11.1 Å². The number of hydrogen-bond acceptors (Lipinski definition) is 4. The minimum atomic E-state index is -0.875. The predicted molar refractivity (Wildman–Crippen MR) is 133 cm³/mol. The van der Waals surface area contributed by atoms with E-state index in [1.165, 1.54) is 11.1 Å². The number of amides is 2. The van der Waals surface area contributed by atoms with Gasteiger partial charge in [0.1, 0.15) is 6.61 Å². The van der Waals surface area contributed by atoms with Gasteiger partial charge in [0.05, 0.1) is 5.92 Å². The average molecular weight is 479 g/mol. The van der Waals surface area contributed by atoms with Crippen molar-refractivity contribution in [2.45, 2.75) is 40.0 Å². The fraction of sp³-hybridized carbons (Fsp3) is 0.464. The van der Waals surface area contributed by atoms with Crippen LogP contribution in [0.2, 0.25) is 0 Å². The molecule has 7 heteroatoms. The highest BCUT2D eigenvalue weighted by molar-refractivity contribution is 5.84. The summed E-state index contributed by atoms with van der Waals surface area (Å²) in [6.07, 6.45) is -0.0895. The fourth-order valence-corrected chi connectivity index (χ4v) is 5.36. The maximum Gasteiger partial charge on any atom is 0.407 e. The molecule has 1 aliphatic carbocycles. The Balaban J connectivity index is 1.29. The molecule has 0 aromatic heterocycles. The molecule has 2 aliphatic rings. The smallest absolute Gasteiger partial charge is 0.407 e. The molecule has 1 unspecified atom stereocenters. The fourth-order valence-electron chi connectivity index (χ4n) is 5.36. The normalized spacial score (nSPS) is 18.6. The van der Waals surface area contributed by atoms with E-state index in [9.17, 15) is 19.5 Å². The third kappa shape index (κ3) is 4.90. The van der Waals surface area contributed by atoms with Gasteiger partial charge in [0, 0.05) is 31.0 Å². The van der Waals surface area contributed by atoms with Crippen LogP contribution in [0.3, 0.4) is 0 Å². The van der Waals surface area contributed by atoms with Gasteiger partial charge in [-0.2, -0.15) is 0 Å². The zero-order valence-corrected chi connectivity index (χ0v) is 20.8. The molecule has 1 saturated heterocycles. The third-order valence-electron chi connectivity index (χ3n) is 7.47. The van der Waals surface area contributed by atoms with Crippen LogP contribution in [0, 0.1) is 16.7 Å². The molecule has 0 bridgehead atoms. The Morgan fingerprint density at radius 2 is 1.63 bits per heavy atom. The van der Waals surface area contributed by atoms with E-state index in [4.69, 9.17) is 4.74 Å². The number of carboxylic acid groups (broad SMARTS) is 1. The summed E-state index contributed by atoms with van der Waals surface area (Å²) in [5.41, 5.74) is 3.44. The lowest BCUT2D eigenvalue weighted by Crippen LogP contribution is -2.42. The second-order valence-corrected chi connectivity index (χ2v) is 11.0. The van der Waals surface area contributed by atoms with Crippen LogP contribution in [0.5, 0.6) is 0 Å². The van der Waals surface area contributed by atoms with Gasteiger partial charge in [-0.15, -0.1) is 0 Å². The number of benzene rings is 2. The predicted octanol–water partition coefficient (Wildman–Crippen LogP) is 4.51. The summed E-state index contributed by atoms with van der Waals surface area (Å²) in [4.78, 5) is 38.8. The summed E-state index contributed by atoms with van der Waals surface area (Å²) in [6, 6.07) is 16.3. The van der Waals surface area contributed by atoms with Gasteiger partial charge in [-0.1, -0.05) is 76.2 Å². The number of hydrogen-bond donors (Lipinski definition) is 2. The van der Waals surface area contributed by atoms with Gasteiger partial charge in [0.25, 0.3) is 0 Å². The van der Waals surface area contributed by atoms with Crippen molar-refractivity contribution in [2.24, 2.45) is 16.7 Å². The first-order valence-corrected chi connectivity index (χ1v) is 12.1. The SMILES string of the molecule is CC(C)(CCNC(=O)OCC1c2ccccc2-c2ccccc21)C(=O)N1CC(C(=O)O)C(C)(C)C1. The molecule has 7 nitrogen and oxygen atoms in total. The number of fused-ring (bicyclic) bond motifs is 3. The first-order chi connectivity index (χ1) is 16.5. The van der Waals surface area contributed by atoms with E-state index in [1.807, 2.05) is 52.0 Å². The number of ether oxygens (including phenoxy) is 1. The molecule has 1 heterocycles. The molecule has 0 spiro atoms. The number of nitrogens with one attached hydrogen (secondary N) is 1. The minimum Gasteiger partial charge on any atom is -0.481 e. The van der Waals surface area contributed by atoms with Gasteiger partial charge >= 0.3 is 12.1 Å². The van der Waals surface area contributed by atoms with Crippen LogP contribution in [0.15, 0.2) is 48.5 Å². The first kappa shape index (κ1) is 24.8. The molecular weight excluding hydrogens is 444 g/mol. The summed E-state index contributed by atoms with van der Waals surface area (Å²) in [6.45, 7) is 8.56. The zero-order chi connectivity index (χ0) is 25.4. The van der Waals surface area contributed by atoms with Crippen molar-refractivity contribution in [3.8, 4) is 11.1 Å². The van der Waals surface area contributed by atoms with Crippen LogP contribution in [-0.4, -0.2) is 54.2 Å². The van der Waals surface area contributed by atoms with E-state index in [1.54, 1.807) is 4.90 Å². The molecule has 186 valence electrons. The number of nitrogens with zero attached hydrogens (tertiary/aromatic N) is 1. The Hall–Kier alpha value is -3.35. The lowest BCUT2D eigenvalue weighted by atomic mass is 9.82. The summed E-state index contributed by atoms with van der Waals surface area (Å²) in [5.74, 6) is -1.56. The van der Waals surface area contributed by atoms with Crippen molar-refractivity contribution < 1.29 is 24.2 Å². The van der Waals surface area contributed by atoms with Gasteiger partial charge in [0.2, 0.25) is 5.91 Å². The number of aliphatic carboxylic acids is 1. The van der Waals surface area contributed by atoms with Gasteiger partial charge in [-0.25, -0.2) is 4.79 Å². The highest BCUT2D eigenvalue weighted by atomic mass is 16.5. The number of alkyl carbamates (subject to hydrolysis) is 1. The summed E-state index contributed by atoms with van der Waals surface area (Å²) in [7, 11) is 0. The largest absolute Gasteiger partial charge is 0.481 e. The molecule has 2 amide bonds. The molecule has 4 rings (SSSR count). The Morgan fingerprint density at radius 3 is 2.17 bits per heavy atom. The zero-order valence-electron chi connectivity index (χ0n) is 20.8. The molecule has 0 radical (unpaired) electrons. The third-order valence-corrected chi connectivity index (χ3v) is 7.47. The monoisotopic (exact) mass is 478 g/mol. The summed E-state index contributed by atoms with van der Waals surface area (Å²) < 4.78 is 5.57. The number of carboxylic acids is 1. The number of carbonyl (C=O) groups excluding carboxylic acids is 2. The topological polar surface area (TPSA) is 95.9 Å². The van der Waals surface area contributed by atoms with Gasteiger partial charge in [-0.05, 0) is 34.1 Å². The molecule has 2 N–H and O–H groups in total. The van der Waals surface area contributed by atoms with Crippen molar-refractivity contribution in [3.05, 3.63) is 59.7 Å². The Morgan fingerprint density at radius 1 is 1.06 bits per heavy atom. The highest BCUT2D eigenvalue weighted by Gasteiger charge is 2.47. The standard InChI is InChI=1S/C28H34N2O5/c1-27(2,25(33)30-15-23(24(31)32)28(3,4)17-30)13-14-29-26(34)35-16-22-20-11-7-5-9-18(20)19-10-6-8-12-21(19)22/h5-12,22-23H,13-17H2,1-4H3,(H,29,34)(H,31,32). The van der Waals surface area contributed by atoms with Crippen molar-refractivity contribution in [3.63, 3.8) is 0 Å². The highest BCUT2D eigenvalue weighted by Crippen LogP contribution is 2.44. The second-order valence-electron chi connectivity index (χ2n) is 11.0. The number of carbonyl (C=O) groups is 3. The number of rotatable bonds is 7. The van der Waals surface area contributed by atoms with Crippen molar-refractivity contribution in [1.82, 2.24) is 10.2 Å². The number of likely N-dealkylation sites (tertiary alicyclic amines) is 1. The van der Waals surface area contributed by atoms with Gasteiger partial charge in [0.15, 0.2) is 0 Å². The lowest BCUT2D eigenvalue weighted by molar-refractivity contribution is -0.144. The van der Waals surface area contributed by atoms with Gasteiger partial charge in [-0.3, -0.25) is 9.59 Å². The second kappa shape index (κ2) is 9.36. The van der Waals surface area contributed by atoms with Crippen LogP contribution in [0.25, 0.3) is 11.1 Å². The average Bonchev–Trinajstić information content (AvgIpc) is 3.31. The van der Waals surface area contributed by atoms with E-state index < -0.39 is 28.8 Å². The molecule has 2 aromatic carbocycles. The van der Waals surface area contributed by atoms with Crippen LogP contribution >= 0.6 is 0 Å². The molecule has 1 atom stereocenters. The van der Waals surface area contributed by atoms with E-state index in [0.29, 0.717) is 13.0 Å². The molecule has 2 aromatic rings. The van der Waals surface area contributed by atoms with Crippen LogP contribution in [0.1, 0.15) is 51.2 Å². The van der Waals surface area contributed by atoms with Gasteiger partial charge < -0.3 is 20.1 Å². The summed E-state index contributed by atoms with van der Waals surface area (Å²) in [5, 5.41) is 12.3. The minimum absolute atomic E-state index is 0.00753. The molecule has 35 heavy (non-hydrogen) atoms. The van der Waals surface area contributed by atoms with Crippen molar-refractivity contribution in [1.29, 1.82) is 0 Å². The molecular formula is C28H34N2O5. The quantitative estimate of drug-likeness (QED) is 0.610. The maximum absolute atomic E-state index is 13.1. The Bertz CT molecular complexity index is 1090. The first-order valence-electron chi connectivity index (χ1n) is 12.1. The van der Waals surface area contributed by atoms with Crippen LogP contribution in [-0.2, 0) is 14.3 Å². The van der Waals surface area contributed by atoms with E-state index in [-0.39, 0.29) is 31.5 Å². The lowest BCUT2D eigenvalue weighted by Gasteiger charge is -2.30. The Kier molecular flexibility index (Phi) is 6.62.